The lowest BCUT2D eigenvalue weighted by Crippen LogP contribution is -2.37. The van der Waals surface area contributed by atoms with Gasteiger partial charge in [0.05, 0.1) is 17.7 Å². The highest BCUT2D eigenvalue weighted by Gasteiger charge is 2.43. The standard InChI is InChI=1S/C16H14N2O5/c19-10(5-6-16(7-8-16)17-15(22)23)9-18-13(20)11-3-1-2-4-12(11)14(18)21/h1-4,10,17,19H,7-9H2,(H,22,23). The second-order valence-corrected chi connectivity index (χ2v) is 5.56. The SMILES string of the molecule is O=C(O)NC1(C#CC(O)CN2C(=O)c3ccccc3C2=O)CC1. The summed E-state index contributed by atoms with van der Waals surface area (Å²) in [6.07, 6.45) is -1.25. The summed E-state index contributed by atoms with van der Waals surface area (Å²) in [5, 5.41) is 21.0. The van der Waals surface area contributed by atoms with Crippen molar-refractivity contribution in [1.29, 1.82) is 0 Å². The van der Waals surface area contributed by atoms with Crippen LogP contribution in [0.2, 0.25) is 0 Å². The number of nitrogens with zero attached hydrogens (tertiary/aromatic N) is 1. The van der Waals surface area contributed by atoms with Crippen LogP contribution >= 0.6 is 0 Å². The van der Waals surface area contributed by atoms with Gasteiger partial charge in [-0.15, -0.1) is 0 Å². The number of benzene rings is 1. The molecule has 1 unspecified atom stereocenters. The van der Waals surface area contributed by atoms with E-state index >= 15 is 0 Å². The predicted octanol–water partition coefficient (Wildman–Crippen LogP) is 0.447. The fraction of sp³-hybridized carbons (Fsp3) is 0.312. The van der Waals surface area contributed by atoms with Gasteiger partial charge in [0.25, 0.3) is 11.8 Å². The van der Waals surface area contributed by atoms with Crippen molar-refractivity contribution < 1.29 is 24.6 Å². The Bertz CT molecular complexity index is 722. The first-order chi connectivity index (χ1) is 10.9. The Morgan fingerprint density at radius 1 is 1.26 bits per heavy atom. The number of amides is 3. The maximum atomic E-state index is 12.2. The predicted molar refractivity (Wildman–Crippen MR) is 78.7 cm³/mol. The van der Waals surface area contributed by atoms with E-state index in [0.717, 1.165) is 4.90 Å². The Balaban J connectivity index is 1.68. The van der Waals surface area contributed by atoms with Crippen LogP contribution in [0.3, 0.4) is 0 Å². The molecule has 0 saturated heterocycles. The molecule has 0 aromatic heterocycles. The van der Waals surface area contributed by atoms with Crippen molar-refractivity contribution in [3.63, 3.8) is 0 Å². The maximum absolute atomic E-state index is 12.2. The summed E-state index contributed by atoms with van der Waals surface area (Å²) in [4.78, 5) is 35.9. The summed E-state index contributed by atoms with van der Waals surface area (Å²) in [7, 11) is 0. The molecule has 0 bridgehead atoms. The Kier molecular flexibility index (Phi) is 3.54. The molecule has 3 N–H and O–H groups in total. The van der Waals surface area contributed by atoms with Gasteiger partial charge in [-0.1, -0.05) is 24.0 Å². The largest absolute Gasteiger partial charge is 0.465 e. The fourth-order valence-electron chi connectivity index (χ4n) is 2.46. The van der Waals surface area contributed by atoms with E-state index < -0.39 is 29.6 Å². The summed E-state index contributed by atoms with van der Waals surface area (Å²) in [5.74, 6) is 4.28. The van der Waals surface area contributed by atoms with Crippen molar-refractivity contribution in [1.82, 2.24) is 10.2 Å². The van der Waals surface area contributed by atoms with Crippen molar-refractivity contribution >= 4 is 17.9 Å². The van der Waals surface area contributed by atoms with Crippen molar-refractivity contribution in [2.75, 3.05) is 6.54 Å². The molecule has 1 aliphatic heterocycles. The number of hydrogen-bond donors (Lipinski definition) is 3. The summed E-state index contributed by atoms with van der Waals surface area (Å²) in [6, 6.07) is 6.45. The first kappa shape index (κ1) is 15.1. The monoisotopic (exact) mass is 314 g/mol. The van der Waals surface area contributed by atoms with E-state index in [9.17, 15) is 19.5 Å². The van der Waals surface area contributed by atoms with Gasteiger partial charge in [-0.3, -0.25) is 14.5 Å². The average Bonchev–Trinajstić information content (AvgIpc) is 3.23. The minimum absolute atomic E-state index is 0.248. The number of carbonyl (C=O) groups is 3. The minimum Gasteiger partial charge on any atom is -0.465 e. The van der Waals surface area contributed by atoms with E-state index in [2.05, 4.69) is 17.2 Å². The highest BCUT2D eigenvalue weighted by Crippen LogP contribution is 2.34. The highest BCUT2D eigenvalue weighted by atomic mass is 16.4. The second kappa shape index (κ2) is 5.41. The van der Waals surface area contributed by atoms with E-state index in [1.165, 1.54) is 0 Å². The Hall–Kier alpha value is -2.85. The van der Waals surface area contributed by atoms with Crippen molar-refractivity contribution in [3.8, 4) is 11.8 Å². The summed E-state index contributed by atoms with van der Waals surface area (Å²) in [6.45, 7) is -0.248. The van der Waals surface area contributed by atoms with Gasteiger partial charge < -0.3 is 15.5 Å². The molecule has 1 saturated carbocycles. The zero-order valence-corrected chi connectivity index (χ0v) is 12.1. The third kappa shape index (κ3) is 2.89. The van der Waals surface area contributed by atoms with Crippen LogP contribution in [0.1, 0.15) is 33.6 Å². The number of hydrogen-bond acceptors (Lipinski definition) is 4. The second-order valence-electron chi connectivity index (χ2n) is 5.56. The first-order valence-corrected chi connectivity index (χ1v) is 7.09. The lowest BCUT2D eigenvalue weighted by Gasteiger charge is -2.15. The number of β-amino-alcohol motifs (C(OH)–C–C–N with tert-alkyl or cyclic N) is 1. The Labute approximate surface area is 131 Å². The van der Waals surface area contributed by atoms with Crippen molar-refractivity contribution in [2.45, 2.75) is 24.5 Å². The van der Waals surface area contributed by atoms with E-state index in [1.807, 2.05) is 0 Å². The number of aliphatic hydroxyl groups excluding tert-OH is 1. The molecule has 3 amide bonds. The number of aliphatic hydroxyl groups is 1. The van der Waals surface area contributed by atoms with Gasteiger partial charge in [-0.2, -0.15) is 0 Å². The molecule has 3 rings (SSSR count). The lowest BCUT2D eigenvalue weighted by atomic mass is 10.1. The molecular formula is C16H14N2O5. The number of carboxylic acid groups (broad SMARTS) is 1. The average molecular weight is 314 g/mol. The molecule has 1 atom stereocenters. The van der Waals surface area contributed by atoms with Crippen LogP contribution in [0.25, 0.3) is 0 Å². The van der Waals surface area contributed by atoms with Crippen molar-refractivity contribution in [3.05, 3.63) is 35.4 Å². The van der Waals surface area contributed by atoms with Crippen molar-refractivity contribution in [2.24, 2.45) is 0 Å². The quantitative estimate of drug-likeness (QED) is 0.554. The molecule has 7 heteroatoms. The molecular weight excluding hydrogens is 300 g/mol. The molecule has 23 heavy (non-hydrogen) atoms. The third-order valence-electron chi connectivity index (χ3n) is 3.81. The topological polar surface area (TPSA) is 107 Å². The molecule has 0 spiro atoms. The Morgan fingerprint density at radius 2 is 1.83 bits per heavy atom. The van der Waals surface area contributed by atoms with E-state index in [1.54, 1.807) is 24.3 Å². The minimum atomic E-state index is -1.23. The highest BCUT2D eigenvalue weighted by molar-refractivity contribution is 6.21. The van der Waals surface area contributed by atoms with Gasteiger partial charge in [0.1, 0.15) is 11.6 Å². The summed E-state index contributed by atoms with van der Waals surface area (Å²) < 4.78 is 0. The number of imide groups is 1. The smallest absolute Gasteiger partial charge is 0.405 e. The van der Waals surface area contributed by atoms with Gasteiger partial charge in [-0.25, -0.2) is 4.79 Å². The van der Waals surface area contributed by atoms with Gasteiger partial charge in [0.15, 0.2) is 0 Å². The Morgan fingerprint density at radius 3 is 2.30 bits per heavy atom. The van der Waals surface area contributed by atoms with Crippen LogP contribution in [-0.4, -0.2) is 51.2 Å². The van der Waals surface area contributed by atoms with Gasteiger partial charge in [0.2, 0.25) is 0 Å². The van der Waals surface area contributed by atoms with Gasteiger partial charge in [0, 0.05) is 0 Å². The van der Waals surface area contributed by atoms with Crippen LogP contribution in [0.4, 0.5) is 4.79 Å². The number of carbonyl (C=O) groups excluding carboxylic acids is 2. The first-order valence-electron chi connectivity index (χ1n) is 7.09. The number of rotatable bonds is 3. The summed E-state index contributed by atoms with van der Waals surface area (Å²) >= 11 is 0. The molecule has 1 fully saturated rings. The van der Waals surface area contributed by atoms with Crippen LogP contribution in [0.5, 0.6) is 0 Å². The number of nitrogens with one attached hydrogen (secondary N) is 1. The third-order valence-corrected chi connectivity index (χ3v) is 3.81. The zero-order chi connectivity index (χ0) is 16.6. The van der Waals surface area contributed by atoms with Crippen LogP contribution in [0.15, 0.2) is 24.3 Å². The van der Waals surface area contributed by atoms with Crippen LogP contribution < -0.4 is 5.32 Å². The fourth-order valence-corrected chi connectivity index (χ4v) is 2.46. The van der Waals surface area contributed by atoms with E-state index in [-0.39, 0.29) is 6.54 Å². The molecule has 7 nitrogen and oxygen atoms in total. The molecule has 2 aliphatic rings. The zero-order valence-electron chi connectivity index (χ0n) is 12.1. The molecule has 0 radical (unpaired) electrons. The molecule has 1 aliphatic carbocycles. The molecule has 1 aromatic rings. The van der Waals surface area contributed by atoms with Gasteiger partial charge in [-0.05, 0) is 25.0 Å². The molecule has 1 aromatic carbocycles. The van der Waals surface area contributed by atoms with Gasteiger partial charge >= 0.3 is 6.09 Å². The van der Waals surface area contributed by atoms with E-state index in [4.69, 9.17) is 5.11 Å². The van der Waals surface area contributed by atoms with E-state index in [0.29, 0.717) is 24.0 Å². The normalized spacial score (nSPS) is 18.7. The lowest BCUT2D eigenvalue weighted by molar-refractivity contribution is 0.0591. The maximum Gasteiger partial charge on any atom is 0.405 e. The number of fused-ring (bicyclic) bond motifs is 1. The molecule has 118 valence electrons. The van der Waals surface area contributed by atoms with Crippen LogP contribution in [0, 0.1) is 11.8 Å². The molecule has 1 heterocycles. The summed E-state index contributed by atoms with van der Waals surface area (Å²) in [5.41, 5.74) is -0.192. The van der Waals surface area contributed by atoms with Crippen LogP contribution in [-0.2, 0) is 0 Å².